The van der Waals surface area contributed by atoms with Crippen molar-refractivity contribution in [2.75, 3.05) is 27.4 Å². The van der Waals surface area contributed by atoms with Gasteiger partial charge in [-0.3, -0.25) is 0 Å². The van der Waals surface area contributed by atoms with Crippen LogP contribution in [0, 0.1) is 0 Å². The summed E-state index contributed by atoms with van der Waals surface area (Å²) in [5.74, 6) is 1.48. The van der Waals surface area contributed by atoms with E-state index in [1.165, 1.54) is 0 Å². The number of hydrogen-bond acceptors (Lipinski definition) is 4. The van der Waals surface area contributed by atoms with Crippen molar-refractivity contribution in [3.63, 3.8) is 0 Å². The zero-order chi connectivity index (χ0) is 11.5. The molecule has 2 rings (SSSR count). The molecule has 1 aromatic carbocycles. The van der Waals surface area contributed by atoms with E-state index < -0.39 is 6.10 Å². The van der Waals surface area contributed by atoms with Gasteiger partial charge in [0, 0.05) is 6.54 Å². The first-order valence-corrected chi connectivity index (χ1v) is 5.39. The van der Waals surface area contributed by atoms with Crippen LogP contribution in [0.4, 0.5) is 0 Å². The number of ether oxygens (including phenoxy) is 2. The van der Waals surface area contributed by atoms with E-state index in [2.05, 4.69) is 4.90 Å². The molecule has 0 fully saturated rings. The van der Waals surface area contributed by atoms with E-state index in [1.54, 1.807) is 0 Å². The van der Waals surface area contributed by atoms with Crippen LogP contribution in [-0.2, 0) is 0 Å². The Hall–Kier alpha value is -1.26. The van der Waals surface area contributed by atoms with Gasteiger partial charge >= 0.3 is 0 Å². The molecule has 88 valence electrons. The average Bonchev–Trinajstić information content (AvgIpc) is 2.72. The van der Waals surface area contributed by atoms with Crippen molar-refractivity contribution >= 4 is 0 Å². The van der Waals surface area contributed by atoms with Gasteiger partial charge in [-0.05, 0) is 38.2 Å². The molecule has 0 aliphatic carbocycles. The number of aliphatic hydroxyl groups excluding tert-OH is 1. The molecule has 4 nitrogen and oxygen atoms in total. The second-order valence-electron chi connectivity index (χ2n) is 4.22. The van der Waals surface area contributed by atoms with Crippen LogP contribution in [0.25, 0.3) is 0 Å². The van der Waals surface area contributed by atoms with Crippen molar-refractivity contribution in [2.24, 2.45) is 0 Å². The Morgan fingerprint density at radius 1 is 1.31 bits per heavy atom. The number of nitrogens with zero attached hydrogens (tertiary/aromatic N) is 1. The molecule has 1 aliphatic heterocycles. The second kappa shape index (κ2) is 4.72. The Balaban J connectivity index is 2.03. The van der Waals surface area contributed by atoms with Crippen molar-refractivity contribution in [1.82, 2.24) is 4.90 Å². The number of fused-ring (bicyclic) bond motifs is 1. The number of benzene rings is 1. The first-order chi connectivity index (χ1) is 7.66. The maximum absolute atomic E-state index is 9.98. The van der Waals surface area contributed by atoms with Crippen molar-refractivity contribution in [3.8, 4) is 11.5 Å². The quantitative estimate of drug-likeness (QED) is 0.837. The summed E-state index contributed by atoms with van der Waals surface area (Å²) < 4.78 is 10.5. The van der Waals surface area contributed by atoms with Crippen molar-refractivity contribution in [2.45, 2.75) is 12.5 Å². The van der Waals surface area contributed by atoms with Crippen molar-refractivity contribution in [3.05, 3.63) is 23.8 Å². The van der Waals surface area contributed by atoms with Gasteiger partial charge in [-0.25, -0.2) is 0 Å². The lowest BCUT2D eigenvalue weighted by Gasteiger charge is -2.14. The van der Waals surface area contributed by atoms with E-state index >= 15 is 0 Å². The predicted octanol–water partition coefficient (Wildman–Crippen LogP) is 1.40. The van der Waals surface area contributed by atoms with Gasteiger partial charge in [0.05, 0.1) is 6.10 Å². The average molecular weight is 223 g/mol. The molecule has 4 heteroatoms. The van der Waals surface area contributed by atoms with Crippen LogP contribution in [0.1, 0.15) is 18.1 Å². The second-order valence-corrected chi connectivity index (χ2v) is 4.22. The summed E-state index contributed by atoms with van der Waals surface area (Å²) >= 11 is 0. The first-order valence-electron chi connectivity index (χ1n) is 5.39. The largest absolute Gasteiger partial charge is 0.454 e. The van der Waals surface area contributed by atoms with Crippen molar-refractivity contribution < 1.29 is 14.6 Å². The highest BCUT2D eigenvalue weighted by Crippen LogP contribution is 2.34. The molecular formula is C12H17NO3. The third-order valence-corrected chi connectivity index (χ3v) is 2.63. The van der Waals surface area contributed by atoms with E-state index in [-0.39, 0.29) is 6.79 Å². The predicted molar refractivity (Wildman–Crippen MR) is 60.7 cm³/mol. The smallest absolute Gasteiger partial charge is 0.231 e. The van der Waals surface area contributed by atoms with E-state index in [0.29, 0.717) is 6.42 Å². The zero-order valence-electron chi connectivity index (χ0n) is 9.64. The normalized spacial score (nSPS) is 15.5. The lowest BCUT2D eigenvalue weighted by Crippen LogP contribution is -2.15. The molecule has 1 heterocycles. The topological polar surface area (TPSA) is 41.9 Å². The molecule has 1 atom stereocenters. The summed E-state index contributed by atoms with van der Waals surface area (Å²) in [6.07, 6.45) is 0.268. The van der Waals surface area contributed by atoms with Gasteiger partial charge in [0.15, 0.2) is 11.5 Å². The molecular weight excluding hydrogens is 206 g/mol. The molecule has 1 N–H and O–H groups in total. The monoisotopic (exact) mass is 223 g/mol. The van der Waals surface area contributed by atoms with E-state index in [9.17, 15) is 5.11 Å². The van der Waals surface area contributed by atoms with Crippen LogP contribution in [0.5, 0.6) is 11.5 Å². The minimum absolute atomic E-state index is 0.270. The van der Waals surface area contributed by atoms with Crippen LogP contribution in [0.3, 0.4) is 0 Å². The summed E-state index contributed by atoms with van der Waals surface area (Å²) in [6.45, 7) is 1.13. The van der Waals surface area contributed by atoms with Crippen LogP contribution in [0.15, 0.2) is 18.2 Å². The molecule has 1 unspecified atom stereocenters. The fourth-order valence-electron chi connectivity index (χ4n) is 1.67. The van der Waals surface area contributed by atoms with Crippen LogP contribution in [0.2, 0.25) is 0 Å². The van der Waals surface area contributed by atoms with Crippen LogP contribution >= 0.6 is 0 Å². The Morgan fingerprint density at radius 3 is 2.81 bits per heavy atom. The van der Waals surface area contributed by atoms with E-state index in [0.717, 1.165) is 23.6 Å². The Kier molecular flexibility index (Phi) is 3.31. The number of aliphatic hydroxyl groups is 1. The number of hydrogen-bond donors (Lipinski definition) is 1. The van der Waals surface area contributed by atoms with E-state index in [4.69, 9.17) is 9.47 Å². The fourth-order valence-corrected chi connectivity index (χ4v) is 1.67. The third-order valence-electron chi connectivity index (χ3n) is 2.63. The molecule has 0 aromatic heterocycles. The van der Waals surface area contributed by atoms with Gasteiger partial charge in [0.2, 0.25) is 6.79 Å². The highest BCUT2D eigenvalue weighted by atomic mass is 16.7. The molecule has 0 spiro atoms. The van der Waals surface area contributed by atoms with Gasteiger partial charge in [-0.15, -0.1) is 0 Å². The summed E-state index contributed by atoms with van der Waals surface area (Å²) in [5, 5.41) is 9.98. The first kappa shape index (κ1) is 11.2. The minimum atomic E-state index is -0.447. The summed E-state index contributed by atoms with van der Waals surface area (Å²) in [5.41, 5.74) is 0.881. The van der Waals surface area contributed by atoms with Gasteiger partial charge in [0.1, 0.15) is 0 Å². The standard InChI is InChI=1S/C12H17NO3/c1-13(2)6-5-10(14)9-3-4-11-12(7-9)16-8-15-11/h3-4,7,10,14H,5-6,8H2,1-2H3. The molecule has 1 aromatic rings. The van der Waals surface area contributed by atoms with Crippen LogP contribution < -0.4 is 9.47 Å². The molecule has 0 saturated heterocycles. The van der Waals surface area contributed by atoms with Gasteiger partial charge in [0.25, 0.3) is 0 Å². The molecule has 0 bridgehead atoms. The SMILES string of the molecule is CN(C)CCC(O)c1ccc2c(c1)OCO2. The molecule has 0 radical (unpaired) electrons. The van der Waals surface area contributed by atoms with Crippen LogP contribution in [-0.4, -0.2) is 37.4 Å². The number of rotatable bonds is 4. The van der Waals surface area contributed by atoms with Crippen molar-refractivity contribution in [1.29, 1.82) is 0 Å². The highest BCUT2D eigenvalue weighted by Gasteiger charge is 2.16. The Bertz CT molecular complexity index is 365. The summed E-state index contributed by atoms with van der Waals surface area (Å²) in [6, 6.07) is 5.58. The van der Waals surface area contributed by atoms with E-state index in [1.807, 2.05) is 32.3 Å². The summed E-state index contributed by atoms with van der Waals surface area (Å²) in [7, 11) is 3.98. The Morgan fingerprint density at radius 2 is 2.06 bits per heavy atom. The molecule has 0 amide bonds. The van der Waals surface area contributed by atoms with Gasteiger partial charge < -0.3 is 19.5 Å². The molecule has 16 heavy (non-hydrogen) atoms. The lowest BCUT2D eigenvalue weighted by molar-refractivity contribution is 0.153. The van der Waals surface area contributed by atoms with Gasteiger partial charge in [-0.2, -0.15) is 0 Å². The fraction of sp³-hybridized carbons (Fsp3) is 0.500. The zero-order valence-corrected chi connectivity index (χ0v) is 9.64. The third kappa shape index (κ3) is 2.46. The lowest BCUT2D eigenvalue weighted by atomic mass is 10.1. The minimum Gasteiger partial charge on any atom is -0.454 e. The molecule has 1 aliphatic rings. The maximum Gasteiger partial charge on any atom is 0.231 e. The Labute approximate surface area is 95.4 Å². The van der Waals surface area contributed by atoms with Gasteiger partial charge in [-0.1, -0.05) is 6.07 Å². The summed E-state index contributed by atoms with van der Waals surface area (Å²) in [4.78, 5) is 2.05. The molecule has 0 saturated carbocycles. The maximum atomic E-state index is 9.98. The highest BCUT2D eigenvalue weighted by molar-refractivity contribution is 5.45.